The van der Waals surface area contributed by atoms with Gasteiger partial charge < -0.3 is 14.2 Å². The molecule has 34 heavy (non-hydrogen) atoms. The lowest BCUT2D eigenvalue weighted by Crippen LogP contribution is -2.26. The van der Waals surface area contributed by atoms with Gasteiger partial charge in [0.25, 0.3) is 0 Å². The molecule has 1 fully saturated rings. The van der Waals surface area contributed by atoms with Crippen LogP contribution in [0.25, 0.3) is 22.3 Å². The monoisotopic (exact) mass is 472 g/mol. The molecule has 3 nitrogen and oxygen atoms in total. The van der Waals surface area contributed by atoms with Crippen LogP contribution in [0.15, 0.2) is 61.2 Å². The Labute approximate surface area is 195 Å². The Kier molecular flexibility index (Phi) is 7.34. The van der Waals surface area contributed by atoms with E-state index in [0.717, 1.165) is 0 Å². The van der Waals surface area contributed by atoms with Crippen molar-refractivity contribution < 1.29 is 31.8 Å². The third-order valence-corrected chi connectivity index (χ3v) is 5.64. The Bertz CT molecular complexity index is 1170. The number of hydrogen-bond donors (Lipinski definition) is 0. The molecule has 0 spiro atoms. The molecule has 3 aromatic carbocycles. The molecular formula is C27H24F4O3. The minimum atomic E-state index is -1.06. The van der Waals surface area contributed by atoms with E-state index in [0.29, 0.717) is 30.8 Å². The van der Waals surface area contributed by atoms with Crippen molar-refractivity contribution in [2.24, 2.45) is 5.92 Å². The van der Waals surface area contributed by atoms with Crippen LogP contribution in [0.2, 0.25) is 0 Å². The summed E-state index contributed by atoms with van der Waals surface area (Å²) in [7, 11) is 0. The molecule has 0 saturated carbocycles. The van der Waals surface area contributed by atoms with E-state index in [-0.39, 0.29) is 35.0 Å². The van der Waals surface area contributed by atoms with Crippen LogP contribution >= 0.6 is 0 Å². The topological polar surface area (TPSA) is 27.7 Å². The number of halogens is 4. The molecule has 0 atom stereocenters. The smallest absolute Gasteiger partial charge is 0.201 e. The average molecular weight is 472 g/mol. The van der Waals surface area contributed by atoms with Crippen molar-refractivity contribution in [3.8, 4) is 28.0 Å². The van der Waals surface area contributed by atoms with Crippen molar-refractivity contribution in [3.63, 3.8) is 0 Å². The van der Waals surface area contributed by atoms with Gasteiger partial charge >= 0.3 is 0 Å². The van der Waals surface area contributed by atoms with Gasteiger partial charge in [0.15, 0.2) is 29.5 Å². The molecule has 4 rings (SSSR count). The highest BCUT2D eigenvalue weighted by Crippen LogP contribution is 2.35. The van der Waals surface area contributed by atoms with Gasteiger partial charge in [-0.3, -0.25) is 0 Å². The number of benzene rings is 3. The molecule has 0 amide bonds. The molecule has 178 valence electrons. The van der Waals surface area contributed by atoms with Crippen LogP contribution in [0.5, 0.6) is 5.75 Å². The van der Waals surface area contributed by atoms with Crippen LogP contribution in [0.4, 0.5) is 17.6 Å². The lowest BCUT2D eigenvalue weighted by atomic mass is 9.98. The van der Waals surface area contributed by atoms with Crippen molar-refractivity contribution in [1.82, 2.24) is 0 Å². The standard InChI is InChI=1S/C27H24F4O3/c1-3-13-32-22-12-11-20(24(29)26(22)31)18-7-5-17(6-8-18)19-9-10-21(25(30)23(19)28)27-33-14-16(4-2)15-34-27/h4-12,16,27H,2-3,13-15H2,1H3. The Morgan fingerprint density at radius 2 is 1.38 bits per heavy atom. The molecule has 1 aliphatic rings. The Morgan fingerprint density at radius 1 is 0.824 bits per heavy atom. The third kappa shape index (κ3) is 4.72. The largest absolute Gasteiger partial charge is 0.490 e. The minimum Gasteiger partial charge on any atom is -0.490 e. The predicted molar refractivity (Wildman–Crippen MR) is 121 cm³/mol. The zero-order valence-electron chi connectivity index (χ0n) is 18.6. The van der Waals surface area contributed by atoms with Gasteiger partial charge in [0, 0.05) is 22.6 Å². The predicted octanol–water partition coefficient (Wildman–Crippen LogP) is 7.21. The van der Waals surface area contributed by atoms with Crippen LogP contribution in [-0.4, -0.2) is 19.8 Å². The maximum atomic E-state index is 14.9. The highest BCUT2D eigenvalue weighted by Gasteiger charge is 2.27. The van der Waals surface area contributed by atoms with Gasteiger partial charge in [0.2, 0.25) is 5.82 Å². The lowest BCUT2D eigenvalue weighted by molar-refractivity contribution is -0.198. The zero-order valence-corrected chi connectivity index (χ0v) is 18.6. The molecule has 1 heterocycles. The van der Waals surface area contributed by atoms with E-state index in [1.165, 1.54) is 48.5 Å². The minimum absolute atomic E-state index is 0.000303. The summed E-state index contributed by atoms with van der Waals surface area (Å²) in [6.45, 7) is 6.42. The maximum Gasteiger partial charge on any atom is 0.201 e. The fourth-order valence-electron chi connectivity index (χ4n) is 3.71. The summed E-state index contributed by atoms with van der Waals surface area (Å²) >= 11 is 0. The van der Waals surface area contributed by atoms with Crippen molar-refractivity contribution in [1.29, 1.82) is 0 Å². The maximum absolute atomic E-state index is 14.9. The van der Waals surface area contributed by atoms with Gasteiger partial charge in [-0.05, 0) is 29.7 Å². The fourth-order valence-corrected chi connectivity index (χ4v) is 3.71. The number of ether oxygens (including phenoxy) is 3. The molecule has 0 aromatic heterocycles. The quantitative estimate of drug-likeness (QED) is 0.269. The zero-order chi connectivity index (χ0) is 24.2. The normalized spacial score (nSPS) is 18.0. The van der Waals surface area contributed by atoms with Crippen molar-refractivity contribution in [2.75, 3.05) is 19.8 Å². The van der Waals surface area contributed by atoms with E-state index < -0.39 is 29.6 Å². The first-order chi connectivity index (χ1) is 16.4. The summed E-state index contributed by atoms with van der Waals surface area (Å²) in [6, 6.07) is 11.7. The van der Waals surface area contributed by atoms with Crippen molar-refractivity contribution >= 4 is 0 Å². The van der Waals surface area contributed by atoms with Crippen LogP contribution in [0, 0.1) is 29.2 Å². The van der Waals surface area contributed by atoms with E-state index in [1.54, 1.807) is 6.08 Å². The van der Waals surface area contributed by atoms with Gasteiger partial charge in [-0.15, -0.1) is 6.58 Å². The summed E-state index contributed by atoms with van der Waals surface area (Å²) in [5, 5.41) is 0. The summed E-state index contributed by atoms with van der Waals surface area (Å²) in [5.74, 6) is -4.35. The Balaban J connectivity index is 1.57. The molecule has 0 unspecified atom stereocenters. The van der Waals surface area contributed by atoms with E-state index in [4.69, 9.17) is 14.2 Å². The highest BCUT2D eigenvalue weighted by atomic mass is 19.2. The summed E-state index contributed by atoms with van der Waals surface area (Å²) in [4.78, 5) is 0. The van der Waals surface area contributed by atoms with E-state index >= 15 is 0 Å². The number of rotatable bonds is 7. The van der Waals surface area contributed by atoms with Gasteiger partial charge in [-0.2, -0.15) is 4.39 Å². The van der Waals surface area contributed by atoms with Gasteiger partial charge in [-0.1, -0.05) is 49.4 Å². The molecule has 1 aliphatic heterocycles. The molecule has 0 N–H and O–H groups in total. The first kappa shape index (κ1) is 24.0. The summed E-state index contributed by atoms with van der Waals surface area (Å²) in [6.07, 6.45) is 1.36. The Morgan fingerprint density at radius 3 is 1.94 bits per heavy atom. The SMILES string of the molecule is C=CC1COC(c2ccc(-c3ccc(-c4ccc(OCCC)c(F)c4F)cc3)c(F)c2F)OC1. The second-order valence-corrected chi connectivity index (χ2v) is 7.99. The second kappa shape index (κ2) is 10.4. The highest BCUT2D eigenvalue weighted by molar-refractivity contribution is 5.71. The van der Waals surface area contributed by atoms with Crippen LogP contribution in [-0.2, 0) is 9.47 Å². The molecule has 0 aliphatic carbocycles. The van der Waals surface area contributed by atoms with Gasteiger partial charge in [-0.25, -0.2) is 13.2 Å². The first-order valence-electron chi connectivity index (χ1n) is 11.0. The molecule has 0 radical (unpaired) electrons. The van der Waals surface area contributed by atoms with E-state index in [9.17, 15) is 17.6 Å². The second-order valence-electron chi connectivity index (χ2n) is 7.99. The molecule has 7 heteroatoms. The van der Waals surface area contributed by atoms with Crippen LogP contribution in [0.3, 0.4) is 0 Å². The Hall–Kier alpha value is -3.16. The fraction of sp³-hybridized carbons (Fsp3) is 0.259. The lowest BCUT2D eigenvalue weighted by Gasteiger charge is -2.28. The first-order valence-corrected chi connectivity index (χ1v) is 11.0. The van der Waals surface area contributed by atoms with Crippen molar-refractivity contribution in [3.05, 3.63) is 90.0 Å². The van der Waals surface area contributed by atoms with E-state index in [1.807, 2.05) is 6.92 Å². The average Bonchev–Trinajstić information content (AvgIpc) is 2.87. The molecule has 3 aromatic rings. The molecular weight excluding hydrogens is 448 g/mol. The number of hydrogen-bond acceptors (Lipinski definition) is 3. The van der Waals surface area contributed by atoms with E-state index in [2.05, 4.69) is 6.58 Å². The van der Waals surface area contributed by atoms with Crippen molar-refractivity contribution in [2.45, 2.75) is 19.6 Å². The third-order valence-electron chi connectivity index (χ3n) is 5.64. The van der Waals surface area contributed by atoms with Crippen LogP contribution in [0.1, 0.15) is 25.2 Å². The molecule has 0 bridgehead atoms. The summed E-state index contributed by atoms with van der Waals surface area (Å²) < 4.78 is 74.8. The summed E-state index contributed by atoms with van der Waals surface area (Å²) in [5.41, 5.74) is 0.818. The molecule has 1 saturated heterocycles. The van der Waals surface area contributed by atoms with Crippen LogP contribution < -0.4 is 4.74 Å². The van der Waals surface area contributed by atoms with Gasteiger partial charge in [0.1, 0.15) is 0 Å². The van der Waals surface area contributed by atoms with Gasteiger partial charge in [0.05, 0.1) is 19.8 Å².